The minimum absolute atomic E-state index is 0.702. The normalized spacial score (nSPS) is 12.2. The molecule has 4 aromatic heterocycles. The Morgan fingerprint density at radius 1 is 1.02 bits per heavy atom. The summed E-state index contributed by atoms with van der Waals surface area (Å²) in [5, 5.41) is 15.1. The summed E-state index contributed by atoms with van der Waals surface area (Å²) in [5.74, 6) is 0.702. The number of nitrogens with one attached hydrogen (secondary N) is 3. The van der Waals surface area contributed by atoms with E-state index in [4.69, 9.17) is 4.98 Å². The maximum Gasteiger partial charge on any atom is 0.159 e. The van der Waals surface area contributed by atoms with Crippen molar-refractivity contribution >= 4 is 45.8 Å². The van der Waals surface area contributed by atoms with Gasteiger partial charge in [0.1, 0.15) is 5.69 Å². The second-order valence-corrected chi connectivity index (χ2v) is 10.4. The second-order valence-electron chi connectivity index (χ2n) is 9.48. The monoisotopic (exact) mass is 540 g/mol. The average molecular weight is 541 g/mol. The minimum atomic E-state index is 0.702. The first-order chi connectivity index (χ1) is 19.6. The fourth-order valence-corrected chi connectivity index (χ4v) is 5.47. The van der Waals surface area contributed by atoms with E-state index < -0.39 is 0 Å². The van der Waals surface area contributed by atoms with E-state index >= 15 is 0 Å². The Morgan fingerprint density at radius 3 is 2.70 bits per heavy atom. The molecule has 6 nitrogen and oxygen atoms in total. The van der Waals surface area contributed by atoms with Gasteiger partial charge in [-0.3, -0.25) is 10.1 Å². The molecule has 0 aliphatic heterocycles. The Kier molecular flexibility index (Phi) is 6.95. The van der Waals surface area contributed by atoms with Crippen LogP contribution in [0.15, 0.2) is 103 Å². The van der Waals surface area contributed by atoms with Crippen LogP contribution < -0.4 is 15.9 Å². The molecule has 196 valence electrons. The Balaban J connectivity index is 1.32. The number of imidazole rings is 1. The van der Waals surface area contributed by atoms with Crippen LogP contribution in [-0.2, 0) is 6.42 Å². The summed E-state index contributed by atoms with van der Waals surface area (Å²) in [7, 11) is 0. The summed E-state index contributed by atoms with van der Waals surface area (Å²) in [6, 6.07) is 22.7. The number of para-hydroxylation sites is 1. The van der Waals surface area contributed by atoms with E-state index in [1.807, 2.05) is 61.7 Å². The zero-order chi connectivity index (χ0) is 27.5. The molecule has 4 heterocycles. The summed E-state index contributed by atoms with van der Waals surface area (Å²) in [4.78, 5) is 14.1. The largest absolute Gasteiger partial charge is 0.358 e. The van der Waals surface area contributed by atoms with Gasteiger partial charge >= 0.3 is 0 Å². The van der Waals surface area contributed by atoms with Crippen LogP contribution in [0.3, 0.4) is 0 Å². The molecule has 6 rings (SSSR count). The summed E-state index contributed by atoms with van der Waals surface area (Å²) >= 11 is 1.70. The van der Waals surface area contributed by atoms with Crippen LogP contribution in [0.2, 0.25) is 0 Å². The molecular weight excluding hydrogens is 512 g/mol. The van der Waals surface area contributed by atoms with Crippen molar-refractivity contribution in [2.75, 3.05) is 5.32 Å². The summed E-state index contributed by atoms with van der Waals surface area (Å²) in [6.07, 6.45) is 8.37. The highest BCUT2D eigenvalue weighted by Crippen LogP contribution is 2.31. The maximum atomic E-state index is 4.98. The number of hydrogen-bond acceptors (Lipinski definition) is 5. The van der Waals surface area contributed by atoms with Crippen molar-refractivity contribution in [3.63, 3.8) is 0 Å². The lowest BCUT2D eigenvalue weighted by atomic mass is 10.1. The van der Waals surface area contributed by atoms with Crippen LogP contribution in [0.25, 0.3) is 50.7 Å². The first kappa shape index (κ1) is 25.3. The van der Waals surface area contributed by atoms with E-state index in [1.54, 1.807) is 17.5 Å². The molecule has 0 atom stereocenters. The zero-order valence-corrected chi connectivity index (χ0v) is 22.9. The van der Waals surface area contributed by atoms with E-state index in [0.717, 1.165) is 61.8 Å². The molecule has 0 amide bonds. The van der Waals surface area contributed by atoms with Gasteiger partial charge < -0.3 is 10.3 Å². The van der Waals surface area contributed by atoms with Gasteiger partial charge in [-0.1, -0.05) is 67.8 Å². The molecule has 0 unspecified atom stereocenters. The Hall–Kier alpha value is -5.01. The lowest BCUT2D eigenvalue weighted by molar-refractivity contribution is 1.05. The summed E-state index contributed by atoms with van der Waals surface area (Å²) < 4.78 is 0. The predicted molar refractivity (Wildman–Crippen MR) is 167 cm³/mol. The van der Waals surface area contributed by atoms with Crippen molar-refractivity contribution in [1.82, 2.24) is 25.1 Å². The number of fused-ring (bicyclic) bond motifs is 1. The van der Waals surface area contributed by atoms with Gasteiger partial charge in [0.2, 0.25) is 0 Å². The molecule has 0 saturated heterocycles. The third kappa shape index (κ3) is 5.15. The van der Waals surface area contributed by atoms with Crippen LogP contribution in [0.1, 0.15) is 18.1 Å². The van der Waals surface area contributed by atoms with Crippen LogP contribution >= 0.6 is 11.3 Å². The predicted octanol–water partition coefficient (Wildman–Crippen LogP) is 6.54. The highest BCUT2D eigenvalue weighted by atomic mass is 32.1. The van der Waals surface area contributed by atoms with Gasteiger partial charge in [0.15, 0.2) is 5.82 Å². The van der Waals surface area contributed by atoms with Gasteiger partial charge in [-0.05, 0) is 47.7 Å². The number of pyridine rings is 1. The van der Waals surface area contributed by atoms with Gasteiger partial charge in [-0.15, -0.1) is 11.3 Å². The van der Waals surface area contributed by atoms with Crippen molar-refractivity contribution < 1.29 is 0 Å². The fraction of sp³-hybridized carbons (Fsp3) is 0.0606. The molecule has 0 saturated carbocycles. The van der Waals surface area contributed by atoms with Gasteiger partial charge in [0.05, 0.1) is 28.3 Å². The van der Waals surface area contributed by atoms with Gasteiger partial charge in [0, 0.05) is 39.5 Å². The molecule has 0 bridgehead atoms. The number of anilines is 1. The SMILES string of the molecule is C=C(Cc1ccccc1)Nc1cncc(C(=C)/C=c2/c(-c3nc4c(-c5cccs5)cccc4[nH]3)n[nH]/c2=C/C)c1. The molecule has 0 spiro atoms. The lowest BCUT2D eigenvalue weighted by Gasteiger charge is -2.11. The maximum absolute atomic E-state index is 4.98. The number of allylic oxidation sites excluding steroid dienone is 2. The topological polar surface area (TPSA) is 82.3 Å². The van der Waals surface area contributed by atoms with E-state index in [2.05, 4.69) is 74.4 Å². The van der Waals surface area contributed by atoms with Crippen LogP contribution in [0.5, 0.6) is 0 Å². The summed E-state index contributed by atoms with van der Waals surface area (Å²) in [5.41, 5.74) is 8.40. The average Bonchev–Trinajstić information content (AvgIpc) is 3.73. The molecule has 40 heavy (non-hydrogen) atoms. The van der Waals surface area contributed by atoms with E-state index in [0.29, 0.717) is 5.82 Å². The molecule has 0 fully saturated rings. The molecule has 3 N–H and O–H groups in total. The first-order valence-electron chi connectivity index (χ1n) is 13.0. The number of hydrogen-bond donors (Lipinski definition) is 3. The molecule has 0 aliphatic rings. The molecule has 2 aromatic carbocycles. The molecule has 0 aliphatic carbocycles. The van der Waals surface area contributed by atoms with Crippen LogP contribution in [0.4, 0.5) is 5.69 Å². The number of aromatic nitrogens is 5. The van der Waals surface area contributed by atoms with E-state index in [9.17, 15) is 0 Å². The van der Waals surface area contributed by atoms with Gasteiger partial charge in [-0.25, -0.2) is 4.98 Å². The van der Waals surface area contributed by atoms with Crippen LogP contribution in [0, 0.1) is 0 Å². The second kappa shape index (κ2) is 11.0. The number of rotatable bonds is 8. The Morgan fingerprint density at radius 2 is 1.90 bits per heavy atom. The molecule has 6 aromatic rings. The van der Waals surface area contributed by atoms with Gasteiger partial charge in [0.25, 0.3) is 0 Å². The first-order valence-corrected chi connectivity index (χ1v) is 13.9. The number of thiophene rings is 1. The highest BCUT2D eigenvalue weighted by molar-refractivity contribution is 7.13. The Labute approximate surface area is 236 Å². The van der Waals surface area contributed by atoms with Gasteiger partial charge in [-0.2, -0.15) is 5.10 Å². The molecule has 0 radical (unpaired) electrons. The van der Waals surface area contributed by atoms with E-state index in [-0.39, 0.29) is 0 Å². The van der Waals surface area contributed by atoms with Crippen molar-refractivity contribution in [3.8, 4) is 22.0 Å². The minimum Gasteiger partial charge on any atom is -0.358 e. The van der Waals surface area contributed by atoms with Crippen molar-refractivity contribution in [1.29, 1.82) is 0 Å². The number of nitrogens with zero attached hydrogens (tertiary/aromatic N) is 3. The number of H-pyrrole nitrogens is 2. The van der Waals surface area contributed by atoms with Crippen molar-refractivity contribution in [2.24, 2.45) is 0 Å². The van der Waals surface area contributed by atoms with Crippen molar-refractivity contribution in [2.45, 2.75) is 13.3 Å². The zero-order valence-electron chi connectivity index (χ0n) is 22.1. The molecule has 7 heteroatoms. The smallest absolute Gasteiger partial charge is 0.159 e. The molecular formula is C33H28N6S. The Bertz CT molecular complexity index is 1950. The highest BCUT2D eigenvalue weighted by Gasteiger charge is 2.14. The van der Waals surface area contributed by atoms with Crippen LogP contribution in [-0.4, -0.2) is 25.1 Å². The summed E-state index contributed by atoms with van der Waals surface area (Å²) in [6.45, 7) is 10.5. The van der Waals surface area contributed by atoms with E-state index in [1.165, 1.54) is 10.4 Å². The third-order valence-electron chi connectivity index (χ3n) is 6.65. The number of benzene rings is 2. The lowest BCUT2D eigenvalue weighted by Crippen LogP contribution is -2.23. The van der Waals surface area contributed by atoms with Crippen molar-refractivity contribution in [3.05, 3.63) is 125 Å². The number of aromatic amines is 2. The third-order valence-corrected chi connectivity index (χ3v) is 7.56. The standard InChI is InChI=1S/C33H28N6S/c1-4-28-27(16-21(2)24-18-25(20-34-19-24)35-22(3)17-23-10-6-5-7-11-23)32(39-38-28)33-36-29-13-8-12-26(31(29)37-33)30-14-9-15-40-30/h4-16,18-20,35,38H,2-3,17H2,1H3,(H,36,37)/b27-16+,28-4+. The quantitative estimate of drug-likeness (QED) is 0.205. The fourth-order valence-electron chi connectivity index (χ4n) is 4.72.